The van der Waals surface area contributed by atoms with Gasteiger partial charge in [-0.3, -0.25) is 9.59 Å². The molecular formula is C28H32N2O5. The fourth-order valence-electron chi connectivity index (χ4n) is 5.55. The Bertz CT molecular complexity index is 1070. The second-order valence-corrected chi connectivity index (χ2v) is 10.1. The summed E-state index contributed by atoms with van der Waals surface area (Å²) in [6, 6.07) is 15.5. The summed E-state index contributed by atoms with van der Waals surface area (Å²) in [6.07, 6.45) is 4.70. The molecule has 7 heteroatoms. The van der Waals surface area contributed by atoms with E-state index in [1.807, 2.05) is 24.3 Å². The molecule has 2 aromatic carbocycles. The van der Waals surface area contributed by atoms with E-state index in [0.717, 1.165) is 47.9 Å². The van der Waals surface area contributed by atoms with Crippen LogP contribution in [0, 0.1) is 11.8 Å². The number of ether oxygens (including phenoxy) is 1. The zero-order chi connectivity index (χ0) is 24.4. The third kappa shape index (κ3) is 5.34. The molecule has 3 N–H and O–H groups in total. The Hall–Kier alpha value is -3.35. The standard InChI is InChI=1S/C28H32N2O5/c31-26(29-19-7-5-6-18(15-19)27(32)33)25(14-17-12-13-17)30-28(34)35-16-24-22-10-3-1-8-20(22)21-9-2-4-11-23(21)24/h1-4,8-11,17-19,24-25H,5-7,12-16H2,(H,29,31)(H,30,34)(H,32,33)/t18?,19?,25-/m0/s1. The average Bonchev–Trinajstić information content (AvgIpc) is 3.63. The maximum atomic E-state index is 13.0. The number of amides is 2. The van der Waals surface area contributed by atoms with E-state index in [0.29, 0.717) is 25.2 Å². The first-order valence-electron chi connectivity index (χ1n) is 12.6. The van der Waals surface area contributed by atoms with Crippen LogP contribution in [0.2, 0.25) is 0 Å². The molecule has 3 atom stereocenters. The third-order valence-corrected chi connectivity index (χ3v) is 7.59. The Morgan fingerprint density at radius 2 is 1.60 bits per heavy atom. The second-order valence-electron chi connectivity index (χ2n) is 10.1. The minimum Gasteiger partial charge on any atom is -0.481 e. The normalized spacial score (nSPS) is 21.9. The highest BCUT2D eigenvalue weighted by molar-refractivity contribution is 5.86. The predicted octanol–water partition coefficient (Wildman–Crippen LogP) is 4.45. The molecular weight excluding hydrogens is 444 g/mol. The number of nitrogens with one attached hydrogen (secondary N) is 2. The van der Waals surface area contributed by atoms with E-state index < -0.39 is 24.0 Å². The molecule has 2 aromatic rings. The number of hydrogen-bond donors (Lipinski definition) is 3. The first kappa shape index (κ1) is 23.4. The van der Waals surface area contributed by atoms with Crippen molar-refractivity contribution in [1.29, 1.82) is 0 Å². The number of rotatable bonds is 8. The van der Waals surface area contributed by atoms with Crippen LogP contribution >= 0.6 is 0 Å². The molecule has 35 heavy (non-hydrogen) atoms. The van der Waals surface area contributed by atoms with Crippen LogP contribution in [0.5, 0.6) is 0 Å². The Labute approximate surface area is 205 Å². The van der Waals surface area contributed by atoms with Crippen LogP contribution in [0.3, 0.4) is 0 Å². The quantitative estimate of drug-likeness (QED) is 0.522. The summed E-state index contributed by atoms with van der Waals surface area (Å²) in [5.41, 5.74) is 4.60. The number of aliphatic carboxylic acids is 1. The first-order chi connectivity index (χ1) is 17.0. The molecule has 0 aromatic heterocycles. The Balaban J connectivity index is 1.20. The molecule has 2 unspecified atom stereocenters. The lowest BCUT2D eigenvalue weighted by molar-refractivity contribution is -0.143. The zero-order valence-electron chi connectivity index (χ0n) is 19.7. The van der Waals surface area contributed by atoms with Crippen LogP contribution in [0.25, 0.3) is 11.1 Å². The van der Waals surface area contributed by atoms with E-state index in [1.54, 1.807) is 0 Å². The number of fused-ring (bicyclic) bond motifs is 3. The number of carboxylic acids is 1. The molecule has 3 aliphatic carbocycles. The Morgan fingerprint density at radius 3 is 2.23 bits per heavy atom. The largest absolute Gasteiger partial charge is 0.481 e. The van der Waals surface area contributed by atoms with Crippen molar-refractivity contribution in [3.05, 3.63) is 59.7 Å². The number of benzene rings is 2. The van der Waals surface area contributed by atoms with Crippen molar-refractivity contribution in [2.24, 2.45) is 11.8 Å². The van der Waals surface area contributed by atoms with Crippen LogP contribution in [0.15, 0.2) is 48.5 Å². The van der Waals surface area contributed by atoms with Gasteiger partial charge in [-0.15, -0.1) is 0 Å². The number of carboxylic acid groups (broad SMARTS) is 1. The lowest BCUT2D eigenvalue weighted by Crippen LogP contribution is -2.51. The summed E-state index contributed by atoms with van der Waals surface area (Å²) < 4.78 is 5.65. The number of alkyl carbamates (subject to hydrolysis) is 1. The van der Waals surface area contributed by atoms with Gasteiger partial charge in [-0.1, -0.05) is 67.8 Å². The summed E-state index contributed by atoms with van der Waals surface area (Å²) in [4.78, 5) is 37.2. The molecule has 2 fully saturated rings. The number of carbonyl (C=O) groups is 3. The topological polar surface area (TPSA) is 105 Å². The summed E-state index contributed by atoms with van der Waals surface area (Å²) in [5.74, 6) is -1.10. The van der Waals surface area contributed by atoms with Crippen molar-refractivity contribution < 1.29 is 24.2 Å². The van der Waals surface area contributed by atoms with Crippen LogP contribution < -0.4 is 10.6 Å². The van der Waals surface area contributed by atoms with Crippen LogP contribution in [-0.2, 0) is 14.3 Å². The summed E-state index contributed by atoms with van der Waals surface area (Å²) >= 11 is 0. The molecule has 0 saturated heterocycles. The molecule has 5 rings (SSSR count). The van der Waals surface area contributed by atoms with Gasteiger partial charge in [-0.2, -0.15) is 0 Å². The van der Waals surface area contributed by atoms with E-state index in [2.05, 4.69) is 34.9 Å². The zero-order valence-corrected chi connectivity index (χ0v) is 19.7. The summed E-state index contributed by atoms with van der Waals surface area (Å²) in [5, 5.41) is 15.1. The van der Waals surface area contributed by atoms with Gasteiger partial charge in [0.2, 0.25) is 5.91 Å². The van der Waals surface area contributed by atoms with Crippen molar-refractivity contribution in [3.63, 3.8) is 0 Å². The van der Waals surface area contributed by atoms with Gasteiger partial charge in [0.25, 0.3) is 0 Å². The minimum atomic E-state index is -0.810. The van der Waals surface area contributed by atoms with Crippen LogP contribution in [0.4, 0.5) is 4.79 Å². The summed E-state index contributed by atoms with van der Waals surface area (Å²) in [7, 11) is 0. The monoisotopic (exact) mass is 476 g/mol. The lowest BCUT2D eigenvalue weighted by Gasteiger charge is -2.29. The van der Waals surface area contributed by atoms with Crippen molar-refractivity contribution in [2.45, 2.75) is 62.9 Å². The van der Waals surface area contributed by atoms with Gasteiger partial charge in [0.1, 0.15) is 12.6 Å². The van der Waals surface area contributed by atoms with Gasteiger partial charge in [0.15, 0.2) is 0 Å². The molecule has 0 spiro atoms. The van der Waals surface area contributed by atoms with E-state index >= 15 is 0 Å². The lowest BCUT2D eigenvalue weighted by atomic mass is 9.85. The smallest absolute Gasteiger partial charge is 0.407 e. The third-order valence-electron chi connectivity index (χ3n) is 7.59. The average molecular weight is 477 g/mol. The molecule has 0 heterocycles. The predicted molar refractivity (Wildman–Crippen MR) is 131 cm³/mol. The van der Waals surface area contributed by atoms with Crippen molar-refractivity contribution >= 4 is 18.0 Å². The molecule has 2 amide bonds. The Morgan fingerprint density at radius 1 is 0.943 bits per heavy atom. The van der Waals surface area contributed by atoms with Crippen molar-refractivity contribution in [1.82, 2.24) is 10.6 Å². The highest BCUT2D eigenvalue weighted by Gasteiger charge is 2.34. The summed E-state index contributed by atoms with van der Waals surface area (Å²) in [6.45, 7) is 0.195. The minimum absolute atomic E-state index is 0.0425. The van der Waals surface area contributed by atoms with E-state index in [9.17, 15) is 19.5 Å². The maximum Gasteiger partial charge on any atom is 0.407 e. The molecule has 0 aliphatic heterocycles. The van der Waals surface area contributed by atoms with Gasteiger partial charge in [0, 0.05) is 12.0 Å². The molecule has 7 nitrogen and oxygen atoms in total. The highest BCUT2D eigenvalue weighted by Crippen LogP contribution is 2.44. The van der Waals surface area contributed by atoms with E-state index in [-0.39, 0.29) is 24.5 Å². The second kappa shape index (κ2) is 10.1. The number of carbonyl (C=O) groups excluding carboxylic acids is 2. The van der Waals surface area contributed by atoms with Crippen LogP contribution in [-0.4, -0.2) is 41.8 Å². The molecule has 2 saturated carbocycles. The van der Waals surface area contributed by atoms with E-state index in [4.69, 9.17) is 4.74 Å². The van der Waals surface area contributed by atoms with Gasteiger partial charge < -0.3 is 20.5 Å². The number of hydrogen-bond acceptors (Lipinski definition) is 4. The van der Waals surface area contributed by atoms with Gasteiger partial charge >= 0.3 is 12.1 Å². The Kier molecular flexibility index (Phi) is 6.75. The van der Waals surface area contributed by atoms with Crippen LogP contribution in [0.1, 0.15) is 62.0 Å². The maximum absolute atomic E-state index is 13.0. The fraction of sp³-hybridized carbons (Fsp3) is 0.464. The van der Waals surface area contributed by atoms with Gasteiger partial charge in [0.05, 0.1) is 5.92 Å². The van der Waals surface area contributed by atoms with Crippen molar-refractivity contribution in [2.75, 3.05) is 6.61 Å². The SMILES string of the molecule is O=C(N[C@@H](CC1CC1)C(=O)NC1CCCC(C(=O)O)C1)OCC1c2ccccc2-c2ccccc21. The molecule has 0 bridgehead atoms. The van der Waals surface area contributed by atoms with E-state index in [1.165, 1.54) is 0 Å². The van der Waals surface area contributed by atoms with Crippen molar-refractivity contribution in [3.8, 4) is 11.1 Å². The molecule has 3 aliphatic rings. The fourth-order valence-corrected chi connectivity index (χ4v) is 5.55. The highest BCUT2D eigenvalue weighted by atomic mass is 16.5. The van der Waals surface area contributed by atoms with Gasteiger partial charge in [-0.25, -0.2) is 4.79 Å². The molecule has 0 radical (unpaired) electrons. The molecule has 184 valence electrons. The van der Waals surface area contributed by atoms with Gasteiger partial charge in [-0.05, 0) is 53.9 Å². The first-order valence-corrected chi connectivity index (χ1v) is 12.6.